The Balaban J connectivity index is 1.66. The van der Waals surface area contributed by atoms with Gasteiger partial charge in [-0.25, -0.2) is 4.68 Å². The van der Waals surface area contributed by atoms with Crippen LogP contribution in [0.25, 0.3) is 0 Å². The minimum Gasteiger partial charge on any atom is -0.352 e. The Morgan fingerprint density at radius 2 is 2.00 bits per heavy atom. The van der Waals surface area contributed by atoms with E-state index in [0.29, 0.717) is 6.04 Å². The van der Waals surface area contributed by atoms with E-state index in [4.69, 9.17) is 0 Å². The molecular weight excluding hydrogens is 316 g/mol. The van der Waals surface area contributed by atoms with Crippen LogP contribution >= 0.6 is 0 Å². The van der Waals surface area contributed by atoms with Gasteiger partial charge in [0.15, 0.2) is 0 Å². The van der Waals surface area contributed by atoms with Crippen LogP contribution in [0.2, 0.25) is 0 Å². The highest BCUT2D eigenvalue weighted by molar-refractivity contribution is 5.82. The molecule has 2 atom stereocenters. The SMILES string of the molecule is CC(C)=CCN1C[C@H](n2cnnn2)C[C@H]1C(=O)NC1CCCCCC1. The third-order valence-electron chi connectivity index (χ3n) is 5.36. The summed E-state index contributed by atoms with van der Waals surface area (Å²) >= 11 is 0. The predicted molar refractivity (Wildman–Crippen MR) is 95.9 cm³/mol. The number of tetrazole rings is 1. The maximum atomic E-state index is 13.0. The predicted octanol–water partition coefficient (Wildman–Crippen LogP) is 2.09. The number of amides is 1. The maximum Gasteiger partial charge on any atom is 0.237 e. The molecule has 138 valence electrons. The first-order chi connectivity index (χ1) is 12.1. The summed E-state index contributed by atoms with van der Waals surface area (Å²) in [5, 5.41) is 14.8. The van der Waals surface area contributed by atoms with Crippen LogP contribution in [0, 0.1) is 0 Å². The molecule has 1 N–H and O–H groups in total. The Morgan fingerprint density at radius 3 is 2.64 bits per heavy atom. The maximum absolute atomic E-state index is 13.0. The van der Waals surface area contributed by atoms with Gasteiger partial charge < -0.3 is 5.32 Å². The van der Waals surface area contributed by atoms with E-state index in [-0.39, 0.29) is 18.0 Å². The lowest BCUT2D eigenvalue weighted by atomic mass is 10.1. The van der Waals surface area contributed by atoms with Gasteiger partial charge in [0, 0.05) is 19.1 Å². The Kier molecular flexibility index (Phi) is 6.18. The second-order valence-electron chi connectivity index (χ2n) is 7.63. The molecule has 1 aliphatic heterocycles. The molecule has 3 rings (SSSR count). The molecule has 7 nitrogen and oxygen atoms in total. The van der Waals surface area contributed by atoms with Crippen LogP contribution in [0.1, 0.15) is 64.8 Å². The lowest BCUT2D eigenvalue weighted by Gasteiger charge is -2.25. The van der Waals surface area contributed by atoms with Crippen molar-refractivity contribution < 1.29 is 4.79 Å². The summed E-state index contributed by atoms with van der Waals surface area (Å²) in [6.07, 6.45) is 11.9. The van der Waals surface area contributed by atoms with Crippen molar-refractivity contribution in [3.8, 4) is 0 Å². The van der Waals surface area contributed by atoms with Gasteiger partial charge in [0.1, 0.15) is 6.33 Å². The first-order valence-corrected chi connectivity index (χ1v) is 9.53. The van der Waals surface area contributed by atoms with Gasteiger partial charge in [-0.15, -0.1) is 5.10 Å². The van der Waals surface area contributed by atoms with E-state index >= 15 is 0 Å². The molecule has 0 spiro atoms. The van der Waals surface area contributed by atoms with Crippen molar-refractivity contribution in [1.82, 2.24) is 30.4 Å². The molecular formula is C18H30N6O. The average Bonchev–Trinajstić information content (AvgIpc) is 3.19. The van der Waals surface area contributed by atoms with Crippen molar-refractivity contribution in [3.05, 3.63) is 18.0 Å². The molecule has 1 aliphatic carbocycles. The molecule has 25 heavy (non-hydrogen) atoms. The zero-order valence-electron chi connectivity index (χ0n) is 15.4. The highest BCUT2D eigenvalue weighted by atomic mass is 16.2. The molecule has 7 heteroatoms. The number of carbonyl (C=O) groups is 1. The normalized spacial score (nSPS) is 25.5. The van der Waals surface area contributed by atoms with E-state index in [9.17, 15) is 4.79 Å². The zero-order valence-corrected chi connectivity index (χ0v) is 15.4. The van der Waals surface area contributed by atoms with Gasteiger partial charge in [-0.1, -0.05) is 37.3 Å². The third kappa shape index (κ3) is 4.87. The van der Waals surface area contributed by atoms with Crippen LogP contribution in [-0.2, 0) is 4.79 Å². The molecule has 1 aromatic rings. The number of allylic oxidation sites excluding steroid dienone is 1. The molecule has 1 saturated heterocycles. The topological polar surface area (TPSA) is 75.9 Å². The summed E-state index contributed by atoms with van der Waals surface area (Å²) in [7, 11) is 0. The molecule has 0 aromatic carbocycles. The minimum atomic E-state index is -0.104. The van der Waals surface area contributed by atoms with Crippen LogP contribution in [0.3, 0.4) is 0 Å². The summed E-state index contributed by atoms with van der Waals surface area (Å²) in [6, 6.07) is 0.394. The van der Waals surface area contributed by atoms with Crippen LogP contribution in [0.5, 0.6) is 0 Å². The molecule has 0 unspecified atom stereocenters. The van der Waals surface area contributed by atoms with E-state index in [1.54, 1.807) is 11.0 Å². The quantitative estimate of drug-likeness (QED) is 0.653. The van der Waals surface area contributed by atoms with Crippen molar-refractivity contribution in [2.24, 2.45) is 0 Å². The van der Waals surface area contributed by atoms with Crippen LogP contribution in [0.4, 0.5) is 0 Å². The molecule has 2 aliphatic rings. The molecule has 2 fully saturated rings. The number of nitrogens with one attached hydrogen (secondary N) is 1. The second kappa shape index (κ2) is 8.56. The van der Waals surface area contributed by atoms with Crippen LogP contribution < -0.4 is 5.32 Å². The monoisotopic (exact) mass is 346 g/mol. The second-order valence-corrected chi connectivity index (χ2v) is 7.63. The number of likely N-dealkylation sites (tertiary alicyclic amines) is 1. The van der Waals surface area contributed by atoms with Crippen LogP contribution in [-0.4, -0.2) is 56.2 Å². The van der Waals surface area contributed by atoms with Crippen molar-refractivity contribution in [3.63, 3.8) is 0 Å². The number of aromatic nitrogens is 4. The largest absolute Gasteiger partial charge is 0.352 e. The molecule has 1 saturated carbocycles. The van der Waals surface area contributed by atoms with E-state index in [1.807, 2.05) is 0 Å². The highest BCUT2D eigenvalue weighted by Crippen LogP contribution is 2.27. The fourth-order valence-corrected chi connectivity index (χ4v) is 3.90. The Bertz CT molecular complexity index is 572. The van der Waals surface area contributed by atoms with Gasteiger partial charge in [0.05, 0.1) is 12.1 Å². The number of hydrogen-bond acceptors (Lipinski definition) is 5. The Labute approximate surface area is 149 Å². The summed E-state index contributed by atoms with van der Waals surface area (Å²) in [4.78, 5) is 15.2. The van der Waals surface area contributed by atoms with Gasteiger partial charge in [0.25, 0.3) is 0 Å². The van der Waals surface area contributed by atoms with E-state index in [0.717, 1.165) is 32.4 Å². The highest BCUT2D eigenvalue weighted by Gasteiger charge is 2.38. The van der Waals surface area contributed by atoms with Crippen LogP contribution in [0.15, 0.2) is 18.0 Å². The smallest absolute Gasteiger partial charge is 0.237 e. The third-order valence-corrected chi connectivity index (χ3v) is 5.36. The number of rotatable bonds is 5. The zero-order chi connectivity index (χ0) is 17.6. The van der Waals surface area contributed by atoms with Gasteiger partial charge in [-0.3, -0.25) is 9.69 Å². The summed E-state index contributed by atoms with van der Waals surface area (Å²) in [5.74, 6) is 0.171. The first kappa shape index (κ1) is 18.0. The fourth-order valence-electron chi connectivity index (χ4n) is 3.90. The van der Waals surface area contributed by atoms with Crippen molar-refractivity contribution >= 4 is 5.91 Å². The molecule has 0 radical (unpaired) electrons. The fraction of sp³-hybridized carbons (Fsp3) is 0.778. The molecule has 1 amide bonds. The Morgan fingerprint density at radius 1 is 1.24 bits per heavy atom. The average molecular weight is 346 g/mol. The lowest BCUT2D eigenvalue weighted by Crippen LogP contribution is -2.46. The van der Waals surface area contributed by atoms with E-state index in [2.05, 4.69) is 45.7 Å². The summed E-state index contributed by atoms with van der Waals surface area (Å²) in [6.45, 7) is 5.78. The van der Waals surface area contributed by atoms with Crippen molar-refractivity contribution in [2.45, 2.75) is 76.9 Å². The lowest BCUT2D eigenvalue weighted by molar-refractivity contribution is -0.126. The van der Waals surface area contributed by atoms with Gasteiger partial charge in [-0.05, 0) is 43.5 Å². The number of nitrogens with zero attached hydrogens (tertiary/aromatic N) is 5. The van der Waals surface area contributed by atoms with Gasteiger partial charge in [0.2, 0.25) is 5.91 Å². The summed E-state index contributed by atoms with van der Waals surface area (Å²) < 4.78 is 1.79. The van der Waals surface area contributed by atoms with Gasteiger partial charge >= 0.3 is 0 Å². The molecule has 2 heterocycles. The number of hydrogen-bond donors (Lipinski definition) is 1. The van der Waals surface area contributed by atoms with Crippen molar-refractivity contribution in [1.29, 1.82) is 0 Å². The Hall–Kier alpha value is -1.76. The molecule has 0 bridgehead atoms. The minimum absolute atomic E-state index is 0.104. The van der Waals surface area contributed by atoms with E-state index in [1.165, 1.54) is 31.3 Å². The van der Waals surface area contributed by atoms with E-state index < -0.39 is 0 Å². The standard InChI is InChI=1S/C18H30N6O/c1-14(2)9-10-23-12-16(24-13-19-21-22-24)11-17(23)18(25)20-15-7-5-3-4-6-8-15/h9,13,15-17H,3-8,10-12H2,1-2H3,(H,20,25)/t16-,17+/m1/s1. The van der Waals surface area contributed by atoms with Gasteiger partial charge in [-0.2, -0.15) is 0 Å². The summed E-state index contributed by atoms with van der Waals surface area (Å²) in [5.41, 5.74) is 1.27. The van der Waals surface area contributed by atoms with Crippen molar-refractivity contribution in [2.75, 3.05) is 13.1 Å². The molecule has 1 aromatic heterocycles. The number of carbonyl (C=O) groups excluding carboxylic acids is 1. The first-order valence-electron chi connectivity index (χ1n) is 9.53.